The van der Waals surface area contributed by atoms with Crippen LogP contribution < -0.4 is 0 Å². The SMILES string of the molecule is OC[C@H]1CN(Cc2ccc3nsnc3c2)C[C@H]1CN1CCOCC1. The molecule has 0 aliphatic carbocycles. The summed E-state index contributed by atoms with van der Waals surface area (Å²) in [6.07, 6.45) is 0. The van der Waals surface area contributed by atoms with Crippen LogP contribution >= 0.6 is 11.7 Å². The van der Waals surface area contributed by atoms with Crippen molar-refractivity contribution < 1.29 is 9.84 Å². The highest BCUT2D eigenvalue weighted by molar-refractivity contribution is 7.00. The Hall–Kier alpha value is -1.12. The Balaban J connectivity index is 1.38. The molecular formula is C17H24N4O2S. The molecule has 1 aromatic heterocycles. The van der Waals surface area contributed by atoms with E-state index >= 15 is 0 Å². The van der Waals surface area contributed by atoms with Gasteiger partial charge in [0.25, 0.3) is 0 Å². The van der Waals surface area contributed by atoms with E-state index in [1.54, 1.807) is 0 Å². The molecule has 0 spiro atoms. The van der Waals surface area contributed by atoms with Crippen LogP contribution in [0.1, 0.15) is 5.56 Å². The predicted molar refractivity (Wildman–Crippen MR) is 94.0 cm³/mol. The number of aliphatic hydroxyl groups excluding tert-OH is 1. The van der Waals surface area contributed by atoms with Crippen LogP contribution in [0.3, 0.4) is 0 Å². The quantitative estimate of drug-likeness (QED) is 0.872. The van der Waals surface area contributed by atoms with Crippen molar-refractivity contribution in [3.05, 3.63) is 23.8 Å². The highest BCUT2D eigenvalue weighted by atomic mass is 32.1. The molecule has 2 aromatic rings. The minimum atomic E-state index is 0.278. The summed E-state index contributed by atoms with van der Waals surface area (Å²) in [5.41, 5.74) is 3.24. The fraction of sp³-hybridized carbons (Fsp3) is 0.647. The van der Waals surface area contributed by atoms with Crippen molar-refractivity contribution in [1.82, 2.24) is 18.5 Å². The van der Waals surface area contributed by atoms with Gasteiger partial charge in [-0.05, 0) is 29.5 Å². The number of hydrogen-bond donors (Lipinski definition) is 1. The lowest BCUT2D eigenvalue weighted by Gasteiger charge is -2.30. The molecule has 130 valence electrons. The number of benzene rings is 1. The third-order valence-electron chi connectivity index (χ3n) is 5.21. The van der Waals surface area contributed by atoms with E-state index in [1.165, 1.54) is 17.3 Å². The van der Waals surface area contributed by atoms with Crippen molar-refractivity contribution in [2.75, 3.05) is 52.5 Å². The summed E-state index contributed by atoms with van der Waals surface area (Å²) in [6.45, 7) is 7.99. The van der Waals surface area contributed by atoms with Crippen LogP contribution in [0, 0.1) is 11.8 Å². The van der Waals surface area contributed by atoms with Gasteiger partial charge in [0.05, 0.1) is 24.9 Å². The van der Waals surface area contributed by atoms with Crippen molar-refractivity contribution >= 4 is 22.8 Å². The third-order valence-corrected chi connectivity index (χ3v) is 5.76. The Labute approximate surface area is 146 Å². The normalized spacial score (nSPS) is 26.4. The van der Waals surface area contributed by atoms with Gasteiger partial charge < -0.3 is 9.84 Å². The van der Waals surface area contributed by atoms with Crippen molar-refractivity contribution in [1.29, 1.82) is 0 Å². The van der Waals surface area contributed by atoms with Crippen LogP contribution in [0.25, 0.3) is 11.0 Å². The average molecular weight is 348 g/mol. The van der Waals surface area contributed by atoms with Crippen molar-refractivity contribution in [3.8, 4) is 0 Å². The first kappa shape index (κ1) is 16.4. The molecule has 0 bridgehead atoms. The molecule has 0 unspecified atom stereocenters. The fourth-order valence-electron chi connectivity index (χ4n) is 3.88. The van der Waals surface area contributed by atoms with Crippen LogP contribution in [0.15, 0.2) is 18.2 Å². The van der Waals surface area contributed by atoms with E-state index < -0.39 is 0 Å². The maximum atomic E-state index is 9.78. The number of ether oxygens (including phenoxy) is 1. The van der Waals surface area contributed by atoms with E-state index in [-0.39, 0.29) is 6.61 Å². The summed E-state index contributed by atoms with van der Waals surface area (Å²) in [4.78, 5) is 4.94. The number of fused-ring (bicyclic) bond motifs is 1. The summed E-state index contributed by atoms with van der Waals surface area (Å²) < 4.78 is 14.0. The van der Waals surface area contributed by atoms with Gasteiger partial charge in [0.2, 0.25) is 0 Å². The van der Waals surface area contributed by atoms with E-state index in [4.69, 9.17) is 4.74 Å². The molecule has 6 nitrogen and oxygen atoms in total. The fourth-order valence-corrected chi connectivity index (χ4v) is 4.40. The molecule has 1 N–H and O–H groups in total. The number of morpholine rings is 1. The van der Waals surface area contributed by atoms with Crippen LogP contribution in [-0.4, -0.2) is 76.2 Å². The Bertz CT molecular complexity index is 673. The zero-order chi connectivity index (χ0) is 16.4. The van der Waals surface area contributed by atoms with Gasteiger partial charge in [-0.3, -0.25) is 9.80 Å². The van der Waals surface area contributed by atoms with E-state index in [2.05, 4.69) is 36.7 Å². The molecule has 2 aliphatic heterocycles. The highest BCUT2D eigenvalue weighted by Crippen LogP contribution is 2.26. The predicted octanol–water partition coefficient (Wildman–Crippen LogP) is 1.06. The Morgan fingerprint density at radius 1 is 1.08 bits per heavy atom. The molecule has 0 saturated carbocycles. The molecule has 0 radical (unpaired) electrons. The average Bonchev–Trinajstić information content (AvgIpc) is 3.22. The lowest BCUT2D eigenvalue weighted by Crippen LogP contribution is -2.41. The molecule has 2 aliphatic rings. The minimum absolute atomic E-state index is 0.278. The largest absolute Gasteiger partial charge is 0.396 e. The second kappa shape index (κ2) is 7.41. The number of nitrogens with zero attached hydrogens (tertiary/aromatic N) is 4. The Kier molecular flexibility index (Phi) is 5.05. The van der Waals surface area contributed by atoms with Crippen LogP contribution in [0.4, 0.5) is 0 Å². The van der Waals surface area contributed by atoms with Gasteiger partial charge in [0.1, 0.15) is 11.0 Å². The summed E-state index contributed by atoms with van der Waals surface area (Å²) >= 11 is 1.27. The number of aliphatic hydroxyl groups is 1. The molecule has 4 rings (SSSR count). The monoisotopic (exact) mass is 348 g/mol. The van der Waals surface area contributed by atoms with Crippen LogP contribution in [0.2, 0.25) is 0 Å². The zero-order valence-electron chi connectivity index (χ0n) is 13.8. The van der Waals surface area contributed by atoms with Crippen LogP contribution in [-0.2, 0) is 11.3 Å². The molecule has 1 aromatic carbocycles. The summed E-state index contributed by atoms with van der Waals surface area (Å²) in [6, 6.07) is 6.34. The Morgan fingerprint density at radius 3 is 2.71 bits per heavy atom. The topological polar surface area (TPSA) is 61.7 Å². The van der Waals surface area contributed by atoms with E-state index in [0.29, 0.717) is 11.8 Å². The summed E-state index contributed by atoms with van der Waals surface area (Å²) in [7, 11) is 0. The smallest absolute Gasteiger partial charge is 0.105 e. The lowest BCUT2D eigenvalue weighted by molar-refractivity contribution is 0.0264. The van der Waals surface area contributed by atoms with E-state index in [9.17, 15) is 5.11 Å². The maximum absolute atomic E-state index is 9.78. The second-order valence-corrected chi connectivity index (χ2v) is 7.43. The van der Waals surface area contributed by atoms with Crippen molar-refractivity contribution in [2.24, 2.45) is 11.8 Å². The number of rotatable bonds is 5. The molecular weight excluding hydrogens is 324 g/mol. The van der Waals surface area contributed by atoms with Gasteiger partial charge in [0.15, 0.2) is 0 Å². The molecule has 3 heterocycles. The highest BCUT2D eigenvalue weighted by Gasteiger charge is 2.33. The number of hydrogen-bond acceptors (Lipinski definition) is 7. The lowest BCUT2D eigenvalue weighted by atomic mass is 9.96. The molecule has 7 heteroatoms. The van der Waals surface area contributed by atoms with Crippen molar-refractivity contribution in [3.63, 3.8) is 0 Å². The minimum Gasteiger partial charge on any atom is -0.396 e. The zero-order valence-corrected chi connectivity index (χ0v) is 14.6. The van der Waals surface area contributed by atoms with E-state index in [0.717, 1.165) is 63.5 Å². The van der Waals surface area contributed by atoms with Crippen molar-refractivity contribution in [2.45, 2.75) is 6.54 Å². The van der Waals surface area contributed by atoms with Crippen LogP contribution in [0.5, 0.6) is 0 Å². The standard InChI is InChI=1S/C17H24N4O2S/c22-12-15-11-21(10-14(15)9-20-3-5-23-6-4-20)8-13-1-2-16-17(7-13)19-24-18-16/h1-2,7,14-15,22H,3-6,8-12H2/t14-,15-/m1/s1. The van der Waals surface area contributed by atoms with Gasteiger partial charge in [0, 0.05) is 45.9 Å². The molecule has 2 fully saturated rings. The van der Waals surface area contributed by atoms with Gasteiger partial charge in [-0.2, -0.15) is 8.75 Å². The second-order valence-electron chi connectivity index (χ2n) is 6.90. The molecule has 2 saturated heterocycles. The first-order valence-corrected chi connectivity index (χ1v) is 9.39. The number of likely N-dealkylation sites (tertiary alicyclic amines) is 1. The third kappa shape index (κ3) is 3.60. The van der Waals surface area contributed by atoms with E-state index in [1.807, 2.05) is 0 Å². The van der Waals surface area contributed by atoms with Gasteiger partial charge in [-0.15, -0.1) is 0 Å². The maximum Gasteiger partial charge on any atom is 0.105 e. The first-order valence-electron chi connectivity index (χ1n) is 8.66. The Morgan fingerprint density at radius 2 is 1.88 bits per heavy atom. The number of aromatic nitrogens is 2. The molecule has 24 heavy (non-hydrogen) atoms. The van der Waals surface area contributed by atoms with Gasteiger partial charge in [-0.25, -0.2) is 0 Å². The van der Waals surface area contributed by atoms with Gasteiger partial charge >= 0.3 is 0 Å². The summed E-state index contributed by atoms with van der Waals surface area (Å²) in [5.74, 6) is 0.912. The first-order chi connectivity index (χ1) is 11.8. The molecule has 0 amide bonds. The molecule has 2 atom stereocenters. The van der Waals surface area contributed by atoms with Gasteiger partial charge in [-0.1, -0.05) is 6.07 Å². The summed E-state index contributed by atoms with van der Waals surface area (Å²) in [5, 5.41) is 9.78.